The molecule has 7 heteroatoms. The van der Waals surface area contributed by atoms with E-state index >= 15 is 0 Å². The van der Waals surface area contributed by atoms with Crippen LogP contribution in [0.3, 0.4) is 0 Å². The molecule has 1 aromatic rings. The largest absolute Gasteiger partial charge is 0.433 e. The molecule has 0 aliphatic carbocycles. The van der Waals surface area contributed by atoms with Crippen molar-refractivity contribution in [1.82, 2.24) is 4.98 Å². The van der Waals surface area contributed by atoms with Gasteiger partial charge in [-0.2, -0.15) is 13.2 Å². The third-order valence-corrected chi connectivity index (χ3v) is 3.78. The maximum atomic E-state index is 12.4. The van der Waals surface area contributed by atoms with Gasteiger partial charge in [-0.05, 0) is 24.5 Å². The summed E-state index contributed by atoms with van der Waals surface area (Å²) in [5, 5.41) is 0. The Morgan fingerprint density at radius 1 is 1.50 bits per heavy atom. The number of hydrogen-bond donors (Lipinski definition) is 1. The van der Waals surface area contributed by atoms with Crippen molar-refractivity contribution in [1.29, 1.82) is 0 Å². The third-order valence-electron chi connectivity index (χ3n) is 3.78. The average Bonchev–Trinajstić information content (AvgIpc) is 2.86. The van der Waals surface area contributed by atoms with E-state index in [4.69, 9.17) is 5.73 Å². The number of alkyl halides is 3. The number of halogens is 3. The van der Waals surface area contributed by atoms with Gasteiger partial charge in [-0.15, -0.1) is 0 Å². The molecule has 1 aliphatic rings. The van der Waals surface area contributed by atoms with E-state index in [0.29, 0.717) is 18.8 Å². The average molecular weight is 287 g/mol. The number of carbonyl (C=O) groups excluding carboxylic acids is 1. The number of rotatable bonds is 3. The van der Waals surface area contributed by atoms with E-state index in [2.05, 4.69) is 4.98 Å². The van der Waals surface area contributed by atoms with Crippen molar-refractivity contribution in [2.75, 3.05) is 18.0 Å². The summed E-state index contributed by atoms with van der Waals surface area (Å²) in [6.45, 7) is 3.08. The first-order chi connectivity index (χ1) is 9.29. The van der Waals surface area contributed by atoms with Gasteiger partial charge in [0.15, 0.2) is 0 Å². The lowest BCUT2D eigenvalue weighted by Gasteiger charge is -2.20. The number of anilines is 1. The van der Waals surface area contributed by atoms with Gasteiger partial charge in [0.05, 0.1) is 11.9 Å². The molecule has 0 spiro atoms. The highest BCUT2D eigenvalue weighted by Gasteiger charge is 2.33. The van der Waals surface area contributed by atoms with Crippen molar-refractivity contribution in [2.24, 2.45) is 17.6 Å². The molecule has 2 atom stereocenters. The number of nitrogens with zero attached hydrogens (tertiary/aromatic N) is 2. The molecule has 4 nitrogen and oxygen atoms in total. The molecular formula is C13H16F3N3O. The van der Waals surface area contributed by atoms with Crippen molar-refractivity contribution in [3.8, 4) is 0 Å². The topological polar surface area (TPSA) is 59.2 Å². The summed E-state index contributed by atoms with van der Waals surface area (Å²) in [4.78, 5) is 16.5. The number of nitrogens with two attached hydrogens (primary N) is 1. The molecular weight excluding hydrogens is 271 g/mol. The van der Waals surface area contributed by atoms with Gasteiger partial charge in [-0.25, -0.2) is 4.98 Å². The summed E-state index contributed by atoms with van der Waals surface area (Å²) in [7, 11) is 0. The number of amides is 1. The predicted octanol–water partition coefficient (Wildman–Crippen LogP) is 2.05. The Bertz CT molecular complexity index is 487. The zero-order valence-corrected chi connectivity index (χ0v) is 11.0. The van der Waals surface area contributed by atoms with E-state index < -0.39 is 11.9 Å². The molecule has 2 N–H and O–H groups in total. The second kappa shape index (κ2) is 5.30. The van der Waals surface area contributed by atoms with Gasteiger partial charge in [0, 0.05) is 19.0 Å². The molecule has 1 aliphatic heterocycles. The molecule has 0 bridgehead atoms. The number of hydrogen-bond acceptors (Lipinski definition) is 3. The Labute approximate surface area is 114 Å². The molecule has 110 valence electrons. The van der Waals surface area contributed by atoms with Crippen molar-refractivity contribution < 1.29 is 18.0 Å². The van der Waals surface area contributed by atoms with E-state index in [9.17, 15) is 18.0 Å². The van der Waals surface area contributed by atoms with Crippen LogP contribution in [-0.4, -0.2) is 24.0 Å². The predicted molar refractivity (Wildman–Crippen MR) is 67.9 cm³/mol. The fraction of sp³-hybridized carbons (Fsp3) is 0.538. The second-order valence-corrected chi connectivity index (χ2v) is 5.09. The van der Waals surface area contributed by atoms with Crippen LogP contribution < -0.4 is 10.6 Å². The normalized spacial score (nSPS) is 21.0. The van der Waals surface area contributed by atoms with Crippen LogP contribution in [0, 0.1) is 11.8 Å². The van der Waals surface area contributed by atoms with Gasteiger partial charge >= 0.3 is 6.18 Å². The summed E-state index contributed by atoms with van der Waals surface area (Å²) < 4.78 is 37.3. The fourth-order valence-corrected chi connectivity index (χ4v) is 2.40. The van der Waals surface area contributed by atoms with Crippen molar-refractivity contribution in [2.45, 2.75) is 19.5 Å². The number of aromatic nitrogens is 1. The highest BCUT2D eigenvalue weighted by atomic mass is 19.4. The minimum Gasteiger partial charge on any atom is -0.370 e. The molecule has 20 heavy (non-hydrogen) atoms. The van der Waals surface area contributed by atoms with Crippen LogP contribution in [0.15, 0.2) is 18.3 Å². The Balaban J connectivity index is 2.05. The molecule has 2 rings (SSSR count). The number of primary amides is 1. The lowest BCUT2D eigenvalue weighted by molar-refractivity contribution is -0.141. The lowest BCUT2D eigenvalue weighted by Crippen LogP contribution is -2.30. The molecule has 1 unspecified atom stereocenters. The quantitative estimate of drug-likeness (QED) is 0.925. The molecule has 1 fully saturated rings. The minimum atomic E-state index is -4.42. The number of pyridine rings is 1. The third kappa shape index (κ3) is 3.02. The van der Waals surface area contributed by atoms with Crippen LogP contribution in [0.4, 0.5) is 18.9 Å². The first-order valence-corrected chi connectivity index (χ1v) is 6.36. The van der Waals surface area contributed by atoms with Crippen molar-refractivity contribution in [3.63, 3.8) is 0 Å². The highest BCUT2D eigenvalue weighted by Crippen LogP contribution is 2.31. The number of carbonyl (C=O) groups is 1. The first-order valence-electron chi connectivity index (χ1n) is 6.36. The fourth-order valence-electron chi connectivity index (χ4n) is 2.40. The van der Waals surface area contributed by atoms with Crippen LogP contribution in [-0.2, 0) is 11.0 Å². The van der Waals surface area contributed by atoms with E-state index in [1.807, 2.05) is 4.90 Å². The molecule has 0 radical (unpaired) electrons. The van der Waals surface area contributed by atoms with Gasteiger partial charge in [-0.3, -0.25) is 4.79 Å². The molecule has 0 aromatic carbocycles. The summed E-state index contributed by atoms with van der Waals surface area (Å²) in [5.74, 6) is -0.445. The van der Waals surface area contributed by atoms with Crippen LogP contribution in [0.25, 0.3) is 0 Å². The SMILES string of the molecule is CC(C(N)=O)[C@H]1CCN(c2ccc(C(F)(F)F)nc2)C1. The zero-order chi connectivity index (χ0) is 14.9. The Morgan fingerprint density at radius 3 is 2.70 bits per heavy atom. The van der Waals surface area contributed by atoms with Crippen LogP contribution in [0.5, 0.6) is 0 Å². The van der Waals surface area contributed by atoms with Crippen LogP contribution >= 0.6 is 0 Å². The van der Waals surface area contributed by atoms with E-state index in [1.165, 1.54) is 12.3 Å². The standard InChI is InChI=1S/C13H16F3N3O/c1-8(12(17)20)9-4-5-19(7-9)10-2-3-11(18-6-10)13(14,15)16/h2-3,6,8-9H,4-5,7H2,1H3,(H2,17,20)/t8?,9-/m0/s1. The van der Waals surface area contributed by atoms with Gasteiger partial charge in [-0.1, -0.05) is 6.92 Å². The van der Waals surface area contributed by atoms with E-state index in [-0.39, 0.29) is 17.7 Å². The van der Waals surface area contributed by atoms with Crippen LogP contribution in [0.2, 0.25) is 0 Å². The molecule has 0 saturated carbocycles. The monoisotopic (exact) mass is 287 g/mol. The zero-order valence-electron chi connectivity index (χ0n) is 11.0. The van der Waals surface area contributed by atoms with Crippen LogP contribution in [0.1, 0.15) is 19.0 Å². The minimum absolute atomic E-state index is 0.134. The molecule has 2 heterocycles. The van der Waals surface area contributed by atoms with Gasteiger partial charge in [0.2, 0.25) is 5.91 Å². The smallest absolute Gasteiger partial charge is 0.370 e. The summed E-state index contributed by atoms with van der Waals surface area (Å²) in [5.41, 5.74) is 5.01. The second-order valence-electron chi connectivity index (χ2n) is 5.09. The first kappa shape index (κ1) is 14.6. The summed E-state index contributed by atoms with van der Waals surface area (Å²) in [6, 6.07) is 2.38. The molecule has 1 amide bonds. The van der Waals surface area contributed by atoms with Crippen molar-refractivity contribution >= 4 is 11.6 Å². The van der Waals surface area contributed by atoms with E-state index in [0.717, 1.165) is 12.5 Å². The van der Waals surface area contributed by atoms with Gasteiger partial charge in [0.25, 0.3) is 0 Å². The Kier molecular flexibility index (Phi) is 3.87. The summed E-state index contributed by atoms with van der Waals surface area (Å²) >= 11 is 0. The van der Waals surface area contributed by atoms with Crippen molar-refractivity contribution in [3.05, 3.63) is 24.0 Å². The lowest BCUT2D eigenvalue weighted by atomic mass is 9.93. The maximum absolute atomic E-state index is 12.4. The highest BCUT2D eigenvalue weighted by molar-refractivity contribution is 5.76. The Hall–Kier alpha value is -1.79. The van der Waals surface area contributed by atoms with E-state index in [1.54, 1.807) is 6.92 Å². The summed E-state index contributed by atoms with van der Waals surface area (Å²) in [6.07, 6.45) is -2.40. The van der Waals surface area contributed by atoms with Gasteiger partial charge < -0.3 is 10.6 Å². The maximum Gasteiger partial charge on any atom is 0.433 e. The Morgan fingerprint density at radius 2 is 2.20 bits per heavy atom. The van der Waals surface area contributed by atoms with Gasteiger partial charge in [0.1, 0.15) is 5.69 Å². The molecule has 1 aromatic heterocycles. The molecule has 1 saturated heterocycles.